The van der Waals surface area contributed by atoms with Gasteiger partial charge in [-0.05, 0) is 24.6 Å². The van der Waals surface area contributed by atoms with Gasteiger partial charge in [-0.25, -0.2) is 17.9 Å². The molecule has 0 amide bonds. The van der Waals surface area contributed by atoms with E-state index in [1.165, 1.54) is 24.5 Å². The number of hydrogen-bond acceptors (Lipinski definition) is 4. The number of benzene rings is 1. The van der Waals surface area contributed by atoms with Crippen LogP contribution in [0.15, 0.2) is 24.3 Å². The lowest BCUT2D eigenvalue weighted by Crippen LogP contribution is -2.33. The first-order valence-electron chi connectivity index (χ1n) is 5.83. The quantitative estimate of drug-likeness (QED) is 0.765. The molecule has 0 saturated carbocycles. The predicted molar refractivity (Wildman–Crippen MR) is 77.6 cm³/mol. The van der Waals surface area contributed by atoms with Crippen molar-refractivity contribution in [3.63, 3.8) is 0 Å². The van der Waals surface area contributed by atoms with Crippen molar-refractivity contribution in [3.8, 4) is 0 Å². The molecule has 2 N–H and O–H groups in total. The van der Waals surface area contributed by atoms with E-state index in [0.717, 1.165) is 0 Å². The molecule has 0 saturated heterocycles. The van der Waals surface area contributed by atoms with Crippen molar-refractivity contribution in [3.05, 3.63) is 35.4 Å². The zero-order chi connectivity index (χ0) is 15.3. The van der Waals surface area contributed by atoms with Crippen molar-refractivity contribution in [1.29, 1.82) is 0 Å². The van der Waals surface area contributed by atoms with Crippen LogP contribution in [0.5, 0.6) is 0 Å². The van der Waals surface area contributed by atoms with Crippen LogP contribution in [-0.4, -0.2) is 41.8 Å². The van der Waals surface area contributed by atoms with Gasteiger partial charge < -0.3 is 5.11 Å². The molecule has 0 aromatic heterocycles. The average Bonchev–Trinajstić information content (AvgIpc) is 2.35. The molecular formula is C12H17NO5S2. The van der Waals surface area contributed by atoms with E-state index < -0.39 is 26.8 Å². The molecule has 0 fully saturated rings. The number of carbonyl (C=O) groups is 1. The van der Waals surface area contributed by atoms with Crippen molar-refractivity contribution >= 4 is 26.8 Å². The van der Waals surface area contributed by atoms with Crippen molar-refractivity contribution in [1.82, 2.24) is 4.72 Å². The first kappa shape index (κ1) is 16.8. The number of aromatic carboxylic acids is 1. The van der Waals surface area contributed by atoms with Crippen molar-refractivity contribution in [2.45, 2.75) is 17.9 Å². The van der Waals surface area contributed by atoms with Crippen LogP contribution in [0.2, 0.25) is 0 Å². The molecule has 0 spiro atoms. The summed E-state index contributed by atoms with van der Waals surface area (Å²) in [6, 6.07) is 5.77. The van der Waals surface area contributed by atoms with Gasteiger partial charge in [-0.1, -0.05) is 12.1 Å². The minimum Gasteiger partial charge on any atom is -0.478 e. The fourth-order valence-corrected chi connectivity index (χ4v) is 3.07. The van der Waals surface area contributed by atoms with Crippen LogP contribution in [0.1, 0.15) is 22.8 Å². The van der Waals surface area contributed by atoms with Crippen molar-refractivity contribution in [2.75, 3.05) is 12.8 Å². The van der Waals surface area contributed by atoms with Crippen LogP contribution in [0.25, 0.3) is 0 Å². The second-order valence-electron chi connectivity index (χ2n) is 4.42. The van der Waals surface area contributed by atoms with Gasteiger partial charge >= 0.3 is 5.97 Å². The molecule has 20 heavy (non-hydrogen) atoms. The Morgan fingerprint density at radius 3 is 2.65 bits per heavy atom. The summed E-state index contributed by atoms with van der Waals surface area (Å²) in [5, 5.41) is 8.56. The number of carboxylic acids is 1. The van der Waals surface area contributed by atoms with Crippen LogP contribution < -0.4 is 4.72 Å². The molecule has 1 aromatic rings. The lowest BCUT2D eigenvalue weighted by molar-refractivity contribution is 0.0696. The molecular weight excluding hydrogens is 302 g/mol. The average molecular weight is 319 g/mol. The zero-order valence-electron chi connectivity index (χ0n) is 11.2. The van der Waals surface area contributed by atoms with Gasteiger partial charge in [0.15, 0.2) is 0 Å². The van der Waals surface area contributed by atoms with Crippen LogP contribution in [-0.2, 0) is 26.6 Å². The first-order valence-corrected chi connectivity index (χ1v) is 9.10. The number of carboxylic acid groups (broad SMARTS) is 1. The fourth-order valence-electron chi connectivity index (χ4n) is 1.43. The SMILES string of the molecule is CC(CNS(=O)(=O)Cc1cccc(C(=O)O)c1)S(C)=O. The molecule has 0 bridgehead atoms. The molecule has 0 aliphatic rings. The first-order chi connectivity index (χ1) is 9.21. The highest BCUT2D eigenvalue weighted by Crippen LogP contribution is 2.09. The lowest BCUT2D eigenvalue weighted by Gasteiger charge is -2.11. The fraction of sp³-hybridized carbons (Fsp3) is 0.417. The minimum absolute atomic E-state index is 0.0423. The van der Waals surface area contributed by atoms with E-state index in [0.29, 0.717) is 5.56 Å². The molecule has 0 aliphatic carbocycles. The second-order valence-corrected chi connectivity index (χ2v) is 8.03. The molecule has 8 heteroatoms. The third-order valence-electron chi connectivity index (χ3n) is 2.69. The second kappa shape index (κ2) is 6.96. The molecule has 2 atom stereocenters. The highest BCUT2D eigenvalue weighted by molar-refractivity contribution is 7.88. The number of sulfonamides is 1. The highest BCUT2D eigenvalue weighted by atomic mass is 32.2. The van der Waals surface area contributed by atoms with E-state index in [9.17, 15) is 17.4 Å². The van der Waals surface area contributed by atoms with Crippen molar-refractivity contribution < 1.29 is 22.5 Å². The molecule has 0 heterocycles. The van der Waals surface area contributed by atoms with Gasteiger partial charge in [0, 0.05) is 28.9 Å². The molecule has 6 nitrogen and oxygen atoms in total. The summed E-state index contributed by atoms with van der Waals surface area (Å²) < 4.78 is 37.2. The van der Waals surface area contributed by atoms with Gasteiger partial charge in [0.2, 0.25) is 10.0 Å². The van der Waals surface area contributed by atoms with Crippen LogP contribution in [0, 0.1) is 0 Å². The predicted octanol–water partition coefficient (Wildman–Crippen LogP) is 0.571. The maximum Gasteiger partial charge on any atom is 0.335 e. The topological polar surface area (TPSA) is 101 Å². The Balaban J connectivity index is 2.73. The lowest BCUT2D eigenvalue weighted by atomic mass is 10.1. The zero-order valence-corrected chi connectivity index (χ0v) is 12.8. The van der Waals surface area contributed by atoms with E-state index in [1.54, 1.807) is 13.0 Å². The maximum atomic E-state index is 11.9. The summed E-state index contributed by atoms with van der Waals surface area (Å²) in [4.78, 5) is 10.8. The number of nitrogens with one attached hydrogen (secondary N) is 1. The van der Waals surface area contributed by atoms with Gasteiger partial charge in [-0.15, -0.1) is 0 Å². The van der Waals surface area contributed by atoms with Gasteiger partial charge in [-0.2, -0.15) is 0 Å². The van der Waals surface area contributed by atoms with E-state index >= 15 is 0 Å². The molecule has 0 aliphatic heterocycles. The summed E-state index contributed by atoms with van der Waals surface area (Å²) in [6.07, 6.45) is 1.51. The Morgan fingerprint density at radius 1 is 1.45 bits per heavy atom. The number of rotatable bonds is 7. The van der Waals surface area contributed by atoms with Crippen LogP contribution in [0.4, 0.5) is 0 Å². The Morgan fingerprint density at radius 2 is 2.10 bits per heavy atom. The normalized spacial score (nSPS) is 14.7. The molecule has 2 unspecified atom stereocenters. The molecule has 0 radical (unpaired) electrons. The Labute approximate surface area is 120 Å². The van der Waals surface area contributed by atoms with Crippen LogP contribution in [0.3, 0.4) is 0 Å². The Kier molecular flexibility index (Phi) is 5.85. The summed E-state index contributed by atoms with van der Waals surface area (Å²) >= 11 is 0. The standard InChI is InChI=1S/C12H17NO5S2/c1-9(19(2)16)7-13-20(17,18)8-10-4-3-5-11(6-10)12(14)15/h3-6,9,13H,7-8H2,1-2H3,(H,14,15). The molecule has 112 valence electrons. The number of hydrogen-bond donors (Lipinski definition) is 2. The third-order valence-corrected chi connectivity index (χ3v) is 5.31. The van der Waals surface area contributed by atoms with E-state index in [4.69, 9.17) is 5.11 Å². The monoisotopic (exact) mass is 319 g/mol. The van der Waals surface area contributed by atoms with E-state index in [1.807, 2.05) is 0 Å². The Hall–Kier alpha value is -1.25. The van der Waals surface area contributed by atoms with Gasteiger partial charge in [0.1, 0.15) is 0 Å². The summed E-state index contributed by atoms with van der Waals surface area (Å²) in [7, 11) is -4.69. The van der Waals surface area contributed by atoms with Crippen molar-refractivity contribution in [2.24, 2.45) is 0 Å². The minimum atomic E-state index is -3.58. The summed E-state index contributed by atoms with van der Waals surface area (Å²) in [5.41, 5.74) is 0.434. The molecule has 1 aromatic carbocycles. The van der Waals surface area contributed by atoms with Gasteiger partial charge in [-0.3, -0.25) is 4.21 Å². The largest absolute Gasteiger partial charge is 0.478 e. The van der Waals surface area contributed by atoms with E-state index in [-0.39, 0.29) is 23.1 Å². The Bertz CT molecular complexity index is 612. The third kappa shape index (κ3) is 5.40. The molecule has 1 rings (SSSR count). The summed E-state index contributed by atoms with van der Waals surface area (Å²) in [5.74, 6) is -1.41. The maximum absolute atomic E-state index is 11.9. The van der Waals surface area contributed by atoms with Crippen LogP contribution >= 0.6 is 0 Å². The van der Waals surface area contributed by atoms with E-state index in [2.05, 4.69) is 4.72 Å². The van der Waals surface area contributed by atoms with Gasteiger partial charge in [0.25, 0.3) is 0 Å². The highest BCUT2D eigenvalue weighted by Gasteiger charge is 2.15. The van der Waals surface area contributed by atoms with Gasteiger partial charge in [0.05, 0.1) is 11.3 Å². The smallest absolute Gasteiger partial charge is 0.335 e. The summed E-state index contributed by atoms with van der Waals surface area (Å²) in [6.45, 7) is 1.77.